The highest BCUT2D eigenvalue weighted by molar-refractivity contribution is 9.10. The Balaban J connectivity index is 2.06. The van der Waals surface area contributed by atoms with Crippen molar-refractivity contribution in [2.45, 2.75) is 44.2 Å². The summed E-state index contributed by atoms with van der Waals surface area (Å²) >= 11 is 4.24. The van der Waals surface area contributed by atoms with Gasteiger partial charge in [-0.3, -0.25) is 9.80 Å². The molecule has 1 atom stereocenters. The average Bonchev–Trinajstić information content (AvgIpc) is 3.12. The second-order valence-electron chi connectivity index (χ2n) is 6.41. The fourth-order valence-electron chi connectivity index (χ4n) is 3.25. The van der Waals surface area contributed by atoms with E-state index in [4.69, 9.17) is 4.74 Å². The number of rotatable bonds is 3. The molecule has 1 unspecified atom stereocenters. The molecule has 26 heavy (non-hydrogen) atoms. The molecule has 1 aliphatic carbocycles. The third-order valence-electron chi connectivity index (χ3n) is 4.48. The Morgan fingerprint density at radius 2 is 2.04 bits per heavy atom. The number of allylic oxidation sites excluding steroid dienone is 2. The summed E-state index contributed by atoms with van der Waals surface area (Å²) in [6.07, 6.45) is -0.940. The maximum Gasteiger partial charge on any atom is 0.403 e. The Hall–Kier alpha value is -1.35. The lowest BCUT2D eigenvalue weighted by atomic mass is 9.84. The van der Waals surface area contributed by atoms with Crippen LogP contribution < -0.4 is 0 Å². The van der Waals surface area contributed by atoms with Crippen LogP contribution in [0, 0.1) is 0 Å². The van der Waals surface area contributed by atoms with Crippen LogP contribution in [0.3, 0.4) is 0 Å². The van der Waals surface area contributed by atoms with E-state index >= 15 is 0 Å². The number of hydrogen-bond acceptors (Lipinski definition) is 5. The van der Waals surface area contributed by atoms with Crippen LogP contribution in [0.4, 0.5) is 13.2 Å². The molecule has 3 rings (SSSR count). The van der Waals surface area contributed by atoms with Crippen LogP contribution >= 0.6 is 27.3 Å². The summed E-state index contributed by atoms with van der Waals surface area (Å²) in [6, 6.07) is 1.59. The maximum atomic E-state index is 14.2. The highest BCUT2D eigenvalue weighted by Gasteiger charge is 2.60. The first-order chi connectivity index (χ1) is 12.2. The van der Waals surface area contributed by atoms with Crippen LogP contribution in [-0.4, -0.2) is 36.0 Å². The van der Waals surface area contributed by atoms with E-state index in [-0.39, 0.29) is 22.8 Å². The van der Waals surface area contributed by atoms with Gasteiger partial charge in [-0.15, -0.1) is 11.3 Å². The lowest BCUT2D eigenvalue weighted by Crippen LogP contribution is -2.39. The summed E-state index contributed by atoms with van der Waals surface area (Å²) in [7, 11) is 0. The van der Waals surface area contributed by atoms with Crippen molar-refractivity contribution in [1.29, 1.82) is 0 Å². The van der Waals surface area contributed by atoms with Gasteiger partial charge in [-0.05, 0) is 52.7 Å². The van der Waals surface area contributed by atoms with Crippen molar-refractivity contribution >= 4 is 38.9 Å². The summed E-state index contributed by atoms with van der Waals surface area (Å²) < 4.78 is 48.0. The maximum absolute atomic E-state index is 14.2. The number of ether oxygens (including phenoxy) is 1. The second-order valence-corrected chi connectivity index (χ2v) is 8.18. The third-order valence-corrected chi connectivity index (χ3v) is 6.50. The largest absolute Gasteiger partial charge is 0.425 e. The van der Waals surface area contributed by atoms with E-state index in [0.717, 1.165) is 36.7 Å². The molecule has 1 fully saturated rings. The highest BCUT2D eigenvalue weighted by atomic mass is 79.9. The topological polar surface area (TPSA) is 41.9 Å². The highest BCUT2D eigenvalue weighted by Crippen LogP contribution is 2.53. The monoisotopic (exact) mass is 450 g/mol. The van der Waals surface area contributed by atoms with Gasteiger partial charge in [0.05, 0.1) is 0 Å². The predicted molar refractivity (Wildman–Crippen MR) is 97.1 cm³/mol. The molecule has 1 aromatic rings. The molecule has 2 aliphatic rings. The molecule has 0 aromatic carbocycles. The summed E-state index contributed by atoms with van der Waals surface area (Å²) in [4.78, 5) is 11.6. The number of halogens is 4. The molecule has 0 amide bonds. The van der Waals surface area contributed by atoms with Gasteiger partial charge in [0.15, 0.2) is 5.76 Å². The Bertz CT molecular complexity index is 753. The number of carbonyl (C=O) groups is 1. The normalized spacial score (nSPS) is 25.5. The van der Waals surface area contributed by atoms with Gasteiger partial charge in [0.2, 0.25) is 0 Å². The summed E-state index contributed by atoms with van der Waals surface area (Å²) in [6.45, 7) is 2.56. The Kier molecular flexibility index (Phi) is 5.48. The van der Waals surface area contributed by atoms with Crippen molar-refractivity contribution in [2.75, 3.05) is 13.1 Å². The van der Waals surface area contributed by atoms with Gasteiger partial charge in [0.25, 0.3) is 0 Å². The van der Waals surface area contributed by atoms with E-state index in [1.165, 1.54) is 6.92 Å². The van der Waals surface area contributed by atoms with Gasteiger partial charge in [-0.1, -0.05) is 0 Å². The Morgan fingerprint density at radius 1 is 1.35 bits per heavy atom. The fraction of sp³-hybridized carbons (Fsp3) is 0.529. The number of nitrogens with zero attached hydrogens (tertiary/aromatic N) is 2. The SMILES string of the molecule is CC(=O)OC1=CC(c2sccc2Br)(C(F)(F)F)C/C1=N\N1CCCCC1. The molecule has 9 heteroatoms. The molecule has 1 aliphatic heterocycles. The summed E-state index contributed by atoms with van der Waals surface area (Å²) in [5.74, 6) is -0.758. The minimum absolute atomic E-state index is 0.0966. The predicted octanol–water partition coefficient (Wildman–Crippen LogP) is 5.00. The Labute approximate surface area is 161 Å². The number of thiophene rings is 1. The molecule has 2 heterocycles. The zero-order valence-electron chi connectivity index (χ0n) is 14.1. The van der Waals surface area contributed by atoms with Crippen LogP contribution in [0.1, 0.15) is 37.5 Å². The standard InChI is InChI=1S/C17H18BrF3N2O2S/c1-11(24)25-14-10-16(17(19,20)21,15-12(18)5-8-26-15)9-13(14)22-23-6-3-2-4-7-23/h5,8,10H,2-4,6-7,9H2,1H3/b22-13+. The van der Waals surface area contributed by atoms with Crippen molar-refractivity contribution < 1.29 is 22.7 Å². The fourth-order valence-corrected chi connectivity index (χ4v) is 5.17. The van der Waals surface area contributed by atoms with Gasteiger partial charge in [-0.25, -0.2) is 0 Å². The van der Waals surface area contributed by atoms with Crippen molar-refractivity contribution in [3.05, 3.63) is 32.6 Å². The van der Waals surface area contributed by atoms with Gasteiger partial charge >= 0.3 is 12.1 Å². The van der Waals surface area contributed by atoms with E-state index in [9.17, 15) is 18.0 Å². The van der Waals surface area contributed by atoms with Gasteiger partial charge in [-0.2, -0.15) is 18.3 Å². The van der Waals surface area contributed by atoms with E-state index in [1.807, 2.05) is 0 Å². The average molecular weight is 451 g/mol. The summed E-state index contributed by atoms with van der Waals surface area (Å²) in [5.41, 5.74) is -2.08. The van der Waals surface area contributed by atoms with E-state index in [2.05, 4.69) is 21.0 Å². The number of esters is 1. The molecule has 1 saturated heterocycles. The minimum atomic E-state index is -4.55. The molecule has 4 nitrogen and oxygen atoms in total. The van der Waals surface area contributed by atoms with E-state index < -0.39 is 17.6 Å². The zero-order chi connectivity index (χ0) is 18.9. The number of alkyl halides is 3. The third kappa shape index (κ3) is 3.69. The van der Waals surface area contributed by atoms with Crippen LogP contribution in [0.15, 0.2) is 32.9 Å². The van der Waals surface area contributed by atoms with Gasteiger partial charge in [0, 0.05) is 35.8 Å². The molecular weight excluding hydrogens is 433 g/mol. The molecule has 0 bridgehead atoms. The number of carbonyl (C=O) groups excluding carboxylic acids is 1. The first kappa shape index (κ1) is 19.4. The molecule has 0 spiro atoms. The van der Waals surface area contributed by atoms with Crippen molar-refractivity contribution in [3.8, 4) is 0 Å². The lowest BCUT2D eigenvalue weighted by Gasteiger charge is -2.29. The smallest absolute Gasteiger partial charge is 0.403 e. The number of hydrazone groups is 1. The van der Waals surface area contributed by atoms with Crippen molar-refractivity contribution in [3.63, 3.8) is 0 Å². The zero-order valence-corrected chi connectivity index (χ0v) is 16.5. The lowest BCUT2D eigenvalue weighted by molar-refractivity contribution is -0.172. The molecule has 0 radical (unpaired) electrons. The second kappa shape index (κ2) is 7.34. The van der Waals surface area contributed by atoms with Crippen LogP contribution in [0.2, 0.25) is 0 Å². The Morgan fingerprint density at radius 3 is 2.58 bits per heavy atom. The summed E-state index contributed by atoms with van der Waals surface area (Å²) in [5, 5.41) is 7.78. The molecule has 1 aromatic heterocycles. The molecule has 0 N–H and O–H groups in total. The van der Waals surface area contributed by atoms with Crippen molar-refractivity contribution in [1.82, 2.24) is 5.01 Å². The van der Waals surface area contributed by atoms with Crippen LogP contribution in [0.25, 0.3) is 0 Å². The minimum Gasteiger partial charge on any atom is -0.425 e. The van der Waals surface area contributed by atoms with E-state index in [0.29, 0.717) is 17.6 Å². The van der Waals surface area contributed by atoms with Crippen molar-refractivity contribution in [2.24, 2.45) is 5.10 Å². The van der Waals surface area contributed by atoms with Gasteiger partial charge in [0.1, 0.15) is 11.1 Å². The van der Waals surface area contributed by atoms with E-state index in [1.54, 1.807) is 16.5 Å². The first-order valence-electron chi connectivity index (χ1n) is 8.27. The first-order valence-corrected chi connectivity index (χ1v) is 9.94. The van der Waals surface area contributed by atoms with Crippen LogP contribution in [-0.2, 0) is 14.9 Å². The molecular formula is C17H18BrF3N2O2S. The molecule has 0 saturated carbocycles. The quantitative estimate of drug-likeness (QED) is 0.608. The number of piperidine rings is 1. The number of hydrogen-bond donors (Lipinski definition) is 0. The van der Waals surface area contributed by atoms with Crippen LogP contribution in [0.5, 0.6) is 0 Å². The van der Waals surface area contributed by atoms with Gasteiger partial charge < -0.3 is 4.74 Å². The molecule has 142 valence electrons.